The highest BCUT2D eigenvalue weighted by atomic mass is 32.2. The molecule has 1 heterocycles. The zero-order valence-electron chi connectivity index (χ0n) is 12.7. The summed E-state index contributed by atoms with van der Waals surface area (Å²) in [7, 11) is 4.02. The predicted molar refractivity (Wildman–Crippen MR) is 86.3 cm³/mol. The molecule has 0 spiro atoms. The van der Waals surface area contributed by atoms with Crippen LogP contribution in [0, 0.1) is 6.92 Å². The molecule has 3 nitrogen and oxygen atoms in total. The molecular weight excluding hydrogens is 266 g/mol. The topological polar surface area (TPSA) is 29.9 Å². The van der Waals surface area contributed by atoms with Crippen molar-refractivity contribution in [3.8, 4) is 0 Å². The zero-order chi connectivity index (χ0) is 14.5. The quantitative estimate of drug-likeness (QED) is 0.827. The number of hydrogen-bond donors (Lipinski definition) is 1. The molecule has 1 aromatic heterocycles. The minimum Gasteiger partial charge on any atom is -0.312 e. The van der Waals surface area contributed by atoms with Crippen molar-refractivity contribution in [3.05, 3.63) is 47.2 Å². The van der Waals surface area contributed by atoms with Crippen molar-refractivity contribution in [1.29, 1.82) is 0 Å². The summed E-state index contributed by atoms with van der Waals surface area (Å²) in [5, 5.41) is 9.00. The second-order valence-electron chi connectivity index (χ2n) is 4.99. The lowest BCUT2D eigenvalue weighted by Gasteiger charge is -2.16. The van der Waals surface area contributed by atoms with Crippen molar-refractivity contribution < 1.29 is 0 Å². The highest BCUT2D eigenvalue weighted by Crippen LogP contribution is 2.25. The average molecular weight is 289 g/mol. The van der Waals surface area contributed by atoms with E-state index in [1.165, 1.54) is 16.2 Å². The molecule has 2 rings (SSSR count). The summed E-state index contributed by atoms with van der Waals surface area (Å²) in [6.07, 6.45) is 1.09. The first kappa shape index (κ1) is 15.1. The maximum absolute atomic E-state index is 4.39. The molecule has 1 N–H and O–H groups in total. The first-order chi connectivity index (χ1) is 9.63. The van der Waals surface area contributed by atoms with Gasteiger partial charge in [-0.1, -0.05) is 31.2 Å². The number of nitrogens with zero attached hydrogens (tertiary/aromatic N) is 2. The Kier molecular flexibility index (Phi) is 5.26. The smallest absolute Gasteiger partial charge is 0.0939 e. The van der Waals surface area contributed by atoms with Crippen LogP contribution in [0.4, 0.5) is 0 Å². The second kappa shape index (κ2) is 6.95. The lowest BCUT2D eigenvalue weighted by atomic mass is 10.1. The van der Waals surface area contributed by atoms with E-state index in [1.54, 1.807) is 0 Å². The van der Waals surface area contributed by atoms with Crippen molar-refractivity contribution in [2.24, 2.45) is 7.05 Å². The van der Waals surface area contributed by atoms with Gasteiger partial charge in [-0.3, -0.25) is 4.68 Å². The van der Waals surface area contributed by atoms with Gasteiger partial charge in [-0.2, -0.15) is 5.10 Å². The van der Waals surface area contributed by atoms with E-state index in [-0.39, 0.29) is 0 Å². The van der Waals surface area contributed by atoms with Crippen LogP contribution >= 0.6 is 11.8 Å². The molecule has 1 unspecified atom stereocenters. The fraction of sp³-hybridized carbons (Fsp3) is 0.438. The molecule has 0 aliphatic rings. The SMILES string of the molecule is CCc1ccc(C(CSc2cc(C)nn2C)NC)cc1. The van der Waals surface area contributed by atoms with Crippen LogP contribution in [0.2, 0.25) is 0 Å². The van der Waals surface area contributed by atoms with Gasteiger partial charge in [0.25, 0.3) is 0 Å². The third-order valence-electron chi connectivity index (χ3n) is 3.50. The Balaban J connectivity index is 2.03. The van der Waals surface area contributed by atoms with Crippen molar-refractivity contribution in [2.75, 3.05) is 12.8 Å². The highest BCUT2D eigenvalue weighted by Gasteiger charge is 2.11. The summed E-state index contributed by atoms with van der Waals surface area (Å²) in [6.45, 7) is 4.22. The Morgan fingerprint density at radius 3 is 2.50 bits per heavy atom. The van der Waals surface area contributed by atoms with Gasteiger partial charge >= 0.3 is 0 Å². The zero-order valence-corrected chi connectivity index (χ0v) is 13.5. The van der Waals surface area contributed by atoms with Crippen LogP contribution < -0.4 is 5.32 Å². The Labute approximate surface area is 125 Å². The second-order valence-corrected chi connectivity index (χ2v) is 6.04. The number of aromatic nitrogens is 2. The van der Waals surface area contributed by atoms with Crippen molar-refractivity contribution >= 4 is 11.8 Å². The maximum atomic E-state index is 4.39. The molecule has 2 aromatic rings. The third kappa shape index (κ3) is 3.64. The lowest BCUT2D eigenvalue weighted by molar-refractivity contribution is 0.656. The summed E-state index contributed by atoms with van der Waals surface area (Å²) < 4.78 is 1.95. The number of rotatable bonds is 6. The van der Waals surface area contributed by atoms with Gasteiger partial charge < -0.3 is 5.32 Å². The van der Waals surface area contributed by atoms with Gasteiger partial charge in [-0.05, 0) is 37.6 Å². The molecule has 0 radical (unpaired) electrons. The molecular formula is C16H23N3S. The fourth-order valence-corrected chi connectivity index (χ4v) is 3.40. The minimum absolute atomic E-state index is 0.362. The minimum atomic E-state index is 0.362. The molecule has 0 amide bonds. The number of thioether (sulfide) groups is 1. The summed E-state index contributed by atoms with van der Waals surface area (Å²) in [5.41, 5.74) is 3.80. The monoisotopic (exact) mass is 289 g/mol. The molecule has 108 valence electrons. The third-order valence-corrected chi connectivity index (χ3v) is 4.67. The van der Waals surface area contributed by atoms with Gasteiger partial charge in [0.2, 0.25) is 0 Å². The van der Waals surface area contributed by atoms with Crippen molar-refractivity contribution in [1.82, 2.24) is 15.1 Å². The van der Waals surface area contributed by atoms with E-state index in [9.17, 15) is 0 Å². The molecule has 1 atom stereocenters. The molecule has 0 aliphatic heterocycles. The van der Waals surface area contributed by atoms with Gasteiger partial charge in [0, 0.05) is 18.8 Å². The highest BCUT2D eigenvalue weighted by molar-refractivity contribution is 7.99. The Morgan fingerprint density at radius 2 is 2.00 bits per heavy atom. The normalized spacial score (nSPS) is 12.6. The molecule has 0 saturated heterocycles. The summed E-state index contributed by atoms with van der Waals surface area (Å²) in [4.78, 5) is 0. The predicted octanol–water partition coefficient (Wildman–Crippen LogP) is 3.34. The van der Waals surface area contributed by atoms with Crippen LogP contribution in [0.25, 0.3) is 0 Å². The van der Waals surface area contributed by atoms with Gasteiger partial charge in [-0.25, -0.2) is 0 Å². The largest absolute Gasteiger partial charge is 0.312 e. The first-order valence-corrected chi connectivity index (χ1v) is 8.02. The van der Waals surface area contributed by atoms with Crippen molar-refractivity contribution in [2.45, 2.75) is 31.3 Å². The maximum Gasteiger partial charge on any atom is 0.0939 e. The fourth-order valence-electron chi connectivity index (χ4n) is 2.22. The molecule has 0 bridgehead atoms. The molecule has 0 fully saturated rings. The van der Waals surface area contributed by atoms with E-state index in [4.69, 9.17) is 0 Å². The van der Waals surface area contributed by atoms with E-state index in [2.05, 4.69) is 47.7 Å². The Bertz CT molecular complexity index is 545. The number of hydrogen-bond acceptors (Lipinski definition) is 3. The van der Waals surface area contributed by atoms with Crippen molar-refractivity contribution in [3.63, 3.8) is 0 Å². The van der Waals surface area contributed by atoms with Gasteiger partial charge in [-0.15, -0.1) is 11.8 Å². The summed E-state index contributed by atoms with van der Waals surface area (Å²) >= 11 is 1.84. The molecule has 1 aromatic carbocycles. The standard InChI is InChI=1S/C16H23N3S/c1-5-13-6-8-14(9-7-13)15(17-3)11-20-16-10-12(2)18-19(16)4/h6-10,15,17H,5,11H2,1-4H3. The summed E-state index contributed by atoms with van der Waals surface area (Å²) in [5.74, 6) is 1.00. The van der Waals surface area contributed by atoms with E-state index in [1.807, 2.05) is 37.5 Å². The number of aryl methyl sites for hydroxylation is 3. The Hall–Kier alpha value is -1.26. The van der Waals surface area contributed by atoms with E-state index < -0.39 is 0 Å². The average Bonchev–Trinajstić information content (AvgIpc) is 2.78. The number of benzene rings is 1. The van der Waals surface area contributed by atoms with Crippen LogP contribution in [0.5, 0.6) is 0 Å². The lowest BCUT2D eigenvalue weighted by Crippen LogP contribution is -2.18. The number of nitrogens with one attached hydrogen (secondary N) is 1. The van der Waals surface area contributed by atoms with Crippen LogP contribution in [-0.4, -0.2) is 22.6 Å². The van der Waals surface area contributed by atoms with Crippen LogP contribution in [0.15, 0.2) is 35.4 Å². The molecule has 0 saturated carbocycles. The van der Waals surface area contributed by atoms with E-state index in [0.29, 0.717) is 6.04 Å². The molecule has 20 heavy (non-hydrogen) atoms. The van der Waals surface area contributed by atoms with E-state index >= 15 is 0 Å². The van der Waals surface area contributed by atoms with Crippen LogP contribution in [-0.2, 0) is 13.5 Å². The van der Waals surface area contributed by atoms with Crippen LogP contribution in [0.1, 0.15) is 29.8 Å². The van der Waals surface area contributed by atoms with Crippen LogP contribution in [0.3, 0.4) is 0 Å². The van der Waals surface area contributed by atoms with Gasteiger partial charge in [0.15, 0.2) is 0 Å². The first-order valence-electron chi connectivity index (χ1n) is 7.03. The summed E-state index contributed by atoms with van der Waals surface area (Å²) in [6, 6.07) is 11.4. The van der Waals surface area contributed by atoms with E-state index in [0.717, 1.165) is 17.9 Å². The van der Waals surface area contributed by atoms with Gasteiger partial charge in [0.05, 0.1) is 10.7 Å². The molecule has 0 aliphatic carbocycles. The molecule has 4 heteroatoms. The Morgan fingerprint density at radius 1 is 1.30 bits per heavy atom. The van der Waals surface area contributed by atoms with Gasteiger partial charge in [0.1, 0.15) is 0 Å².